The number of aromatic nitrogens is 2. The van der Waals surface area contributed by atoms with Crippen molar-refractivity contribution >= 4 is 16.7 Å². The maximum absolute atomic E-state index is 6.09. The zero-order valence-electron chi connectivity index (χ0n) is 13.0. The number of hydrogen-bond acceptors (Lipinski definition) is 3. The Morgan fingerprint density at radius 1 is 1.14 bits per heavy atom. The first kappa shape index (κ1) is 14.4. The number of para-hydroxylation sites is 1. The highest BCUT2D eigenvalue weighted by Crippen LogP contribution is 2.29. The SMILES string of the molecule is CCCCn1c(-c2ccc(OC)cc2)nc2c(N)cccc21. The summed E-state index contributed by atoms with van der Waals surface area (Å²) in [5.41, 5.74) is 9.87. The third kappa shape index (κ3) is 2.52. The molecule has 3 aromatic rings. The van der Waals surface area contributed by atoms with Gasteiger partial charge in [-0.25, -0.2) is 4.98 Å². The van der Waals surface area contributed by atoms with Crippen LogP contribution in [0.4, 0.5) is 5.69 Å². The lowest BCUT2D eigenvalue weighted by molar-refractivity contribution is 0.415. The Hall–Kier alpha value is -2.49. The number of nitrogen functional groups attached to an aromatic ring is 1. The molecule has 3 rings (SSSR count). The van der Waals surface area contributed by atoms with Crippen LogP contribution in [0.1, 0.15) is 19.8 Å². The second-order valence-corrected chi connectivity index (χ2v) is 5.38. The van der Waals surface area contributed by atoms with Crippen LogP contribution in [-0.2, 0) is 6.54 Å². The second-order valence-electron chi connectivity index (χ2n) is 5.38. The molecule has 0 aliphatic carbocycles. The highest BCUT2D eigenvalue weighted by Gasteiger charge is 2.13. The first-order chi connectivity index (χ1) is 10.7. The Bertz CT molecular complexity index is 775. The molecular formula is C18H21N3O. The van der Waals surface area contributed by atoms with Crippen molar-refractivity contribution in [2.75, 3.05) is 12.8 Å². The molecule has 0 amide bonds. The molecule has 0 bridgehead atoms. The smallest absolute Gasteiger partial charge is 0.141 e. The number of rotatable bonds is 5. The van der Waals surface area contributed by atoms with Crippen molar-refractivity contribution in [3.8, 4) is 17.1 Å². The monoisotopic (exact) mass is 295 g/mol. The molecule has 0 aliphatic rings. The van der Waals surface area contributed by atoms with Crippen LogP contribution in [0.15, 0.2) is 42.5 Å². The van der Waals surface area contributed by atoms with Crippen LogP contribution in [0.25, 0.3) is 22.4 Å². The average molecular weight is 295 g/mol. The molecule has 1 heterocycles. The summed E-state index contributed by atoms with van der Waals surface area (Å²) in [4.78, 5) is 4.79. The van der Waals surface area contributed by atoms with E-state index in [4.69, 9.17) is 15.5 Å². The minimum absolute atomic E-state index is 0.725. The Morgan fingerprint density at radius 2 is 1.91 bits per heavy atom. The van der Waals surface area contributed by atoms with E-state index in [2.05, 4.69) is 17.6 Å². The number of hydrogen-bond donors (Lipinski definition) is 1. The van der Waals surface area contributed by atoms with E-state index < -0.39 is 0 Å². The summed E-state index contributed by atoms with van der Waals surface area (Å²) in [6, 6.07) is 14.0. The van der Waals surface area contributed by atoms with Gasteiger partial charge < -0.3 is 15.0 Å². The van der Waals surface area contributed by atoms with E-state index in [-0.39, 0.29) is 0 Å². The minimum Gasteiger partial charge on any atom is -0.497 e. The number of unbranched alkanes of at least 4 members (excludes halogenated alkanes) is 1. The van der Waals surface area contributed by atoms with Gasteiger partial charge in [0.1, 0.15) is 17.1 Å². The van der Waals surface area contributed by atoms with E-state index in [9.17, 15) is 0 Å². The van der Waals surface area contributed by atoms with Gasteiger partial charge in [0.15, 0.2) is 0 Å². The van der Waals surface area contributed by atoms with Gasteiger partial charge >= 0.3 is 0 Å². The van der Waals surface area contributed by atoms with Gasteiger partial charge in [-0.3, -0.25) is 0 Å². The highest BCUT2D eigenvalue weighted by molar-refractivity contribution is 5.90. The Balaban J connectivity index is 2.15. The molecule has 0 radical (unpaired) electrons. The van der Waals surface area contributed by atoms with Crippen molar-refractivity contribution < 1.29 is 4.74 Å². The lowest BCUT2D eigenvalue weighted by atomic mass is 10.2. The fourth-order valence-corrected chi connectivity index (χ4v) is 2.67. The number of methoxy groups -OCH3 is 1. The Labute approximate surface area is 130 Å². The fourth-order valence-electron chi connectivity index (χ4n) is 2.67. The van der Waals surface area contributed by atoms with Crippen LogP contribution in [0.2, 0.25) is 0 Å². The zero-order chi connectivity index (χ0) is 15.5. The van der Waals surface area contributed by atoms with Gasteiger partial charge in [-0.15, -0.1) is 0 Å². The molecule has 4 heteroatoms. The topological polar surface area (TPSA) is 53.1 Å². The number of ether oxygens (including phenoxy) is 1. The molecule has 2 aromatic carbocycles. The summed E-state index contributed by atoms with van der Waals surface area (Å²) in [6.45, 7) is 3.14. The van der Waals surface area contributed by atoms with Gasteiger partial charge in [0.25, 0.3) is 0 Å². The van der Waals surface area contributed by atoms with E-state index in [0.29, 0.717) is 0 Å². The van der Waals surface area contributed by atoms with E-state index in [1.165, 1.54) is 0 Å². The molecule has 4 nitrogen and oxygen atoms in total. The first-order valence-corrected chi connectivity index (χ1v) is 7.63. The van der Waals surface area contributed by atoms with Crippen LogP contribution in [0.3, 0.4) is 0 Å². The normalized spacial score (nSPS) is 11.0. The maximum atomic E-state index is 6.09. The number of aryl methyl sites for hydroxylation is 1. The van der Waals surface area contributed by atoms with E-state index >= 15 is 0 Å². The predicted molar refractivity (Wildman–Crippen MR) is 91.0 cm³/mol. The predicted octanol–water partition coefficient (Wildman–Crippen LogP) is 4.09. The van der Waals surface area contributed by atoms with Crippen LogP contribution in [0, 0.1) is 0 Å². The fraction of sp³-hybridized carbons (Fsp3) is 0.278. The summed E-state index contributed by atoms with van der Waals surface area (Å²) in [7, 11) is 1.67. The van der Waals surface area contributed by atoms with Crippen molar-refractivity contribution in [1.82, 2.24) is 9.55 Å². The first-order valence-electron chi connectivity index (χ1n) is 7.63. The Morgan fingerprint density at radius 3 is 2.59 bits per heavy atom. The molecule has 2 N–H and O–H groups in total. The minimum atomic E-state index is 0.725. The highest BCUT2D eigenvalue weighted by atomic mass is 16.5. The zero-order valence-corrected chi connectivity index (χ0v) is 13.0. The third-order valence-electron chi connectivity index (χ3n) is 3.89. The molecule has 114 valence electrons. The summed E-state index contributed by atoms with van der Waals surface area (Å²) in [6.07, 6.45) is 2.26. The van der Waals surface area contributed by atoms with Crippen LogP contribution in [0.5, 0.6) is 5.75 Å². The lowest BCUT2D eigenvalue weighted by Gasteiger charge is -2.09. The molecule has 0 fully saturated rings. The van der Waals surface area contributed by atoms with Crippen LogP contribution in [-0.4, -0.2) is 16.7 Å². The molecule has 0 unspecified atom stereocenters. The number of benzene rings is 2. The lowest BCUT2D eigenvalue weighted by Crippen LogP contribution is -2.00. The van der Waals surface area contributed by atoms with Crippen molar-refractivity contribution in [2.24, 2.45) is 0 Å². The maximum Gasteiger partial charge on any atom is 0.141 e. The molecule has 1 aromatic heterocycles. The number of fused-ring (bicyclic) bond motifs is 1. The van der Waals surface area contributed by atoms with E-state index in [1.807, 2.05) is 36.4 Å². The molecule has 0 atom stereocenters. The molecule has 0 spiro atoms. The van der Waals surface area contributed by atoms with Crippen LogP contribution < -0.4 is 10.5 Å². The number of imidazole rings is 1. The van der Waals surface area contributed by atoms with Crippen LogP contribution >= 0.6 is 0 Å². The third-order valence-corrected chi connectivity index (χ3v) is 3.89. The van der Waals surface area contributed by atoms with Gasteiger partial charge in [0, 0.05) is 12.1 Å². The van der Waals surface area contributed by atoms with Crippen molar-refractivity contribution in [2.45, 2.75) is 26.3 Å². The molecular weight excluding hydrogens is 274 g/mol. The number of anilines is 1. The van der Waals surface area contributed by atoms with E-state index in [0.717, 1.165) is 53.2 Å². The number of nitrogens with two attached hydrogens (primary N) is 1. The molecule has 0 saturated carbocycles. The second kappa shape index (κ2) is 6.10. The number of nitrogens with zero attached hydrogens (tertiary/aromatic N) is 2. The summed E-state index contributed by atoms with van der Waals surface area (Å²) in [5.74, 6) is 1.81. The molecule has 22 heavy (non-hydrogen) atoms. The van der Waals surface area contributed by atoms with Gasteiger partial charge in [-0.2, -0.15) is 0 Å². The van der Waals surface area contributed by atoms with Gasteiger partial charge in [-0.1, -0.05) is 19.4 Å². The quantitative estimate of drug-likeness (QED) is 0.721. The summed E-state index contributed by atoms with van der Waals surface area (Å²) in [5, 5.41) is 0. The van der Waals surface area contributed by atoms with Crippen molar-refractivity contribution in [3.05, 3.63) is 42.5 Å². The molecule has 0 aliphatic heterocycles. The van der Waals surface area contributed by atoms with Gasteiger partial charge in [0.05, 0.1) is 18.3 Å². The van der Waals surface area contributed by atoms with Gasteiger partial charge in [-0.05, 0) is 42.8 Å². The van der Waals surface area contributed by atoms with Gasteiger partial charge in [0.2, 0.25) is 0 Å². The standard InChI is InChI=1S/C18H21N3O/c1-3-4-12-21-16-7-5-6-15(19)17(16)20-18(21)13-8-10-14(22-2)11-9-13/h5-11H,3-4,12,19H2,1-2H3. The van der Waals surface area contributed by atoms with Crippen molar-refractivity contribution in [3.63, 3.8) is 0 Å². The summed E-state index contributed by atoms with van der Waals surface area (Å²) >= 11 is 0. The largest absolute Gasteiger partial charge is 0.497 e. The van der Waals surface area contributed by atoms with E-state index in [1.54, 1.807) is 7.11 Å². The molecule has 0 saturated heterocycles. The Kier molecular flexibility index (Phi) is 4.00. The summed E-state index contributed by atoms with van der Waals surface area (Å²) < 4.78 is 7.49. The average Bonchev–Trinajstić information content (AvgIpc) is 2.93. The van der Waals surface area contributed by atoms with Crippen molar-refractivity contribution in [1.29, 1.82) is 0 Å².